The molecule has 28 heavy (non-hydrogen) atoms. The van der Waals surface area contributed by atoms with Crippen molar-refractivity contribution >= 4 is 15.6 Å². The molecular weight excluding hydrogens is 366 g/mol. The van der Waals surface area contributed by atoms with Crippen molar-refractivity contribution in [3.05, 3.63) is 108 Å². The lowest BCUT2D eigenvalue weighted by Crippen LogP contribution is -2.36. The molecule has 0 aliphatic carbocycles. The summed E-state index contributed by atoms with van der Waals surface area (Å²) < 4.78 is 27.4. The average Bonchev–Trinajstić information content (AvgIpc) is 2.76. The Morgan fingerprint density at radius 1 is 0.643 bits per heavy atom. The summed E-state index contributed by atoms with van der Waals surface area (Å²) in [6, 6.07) is 29.5. The third-order valence-corrected chi connectivity index (χ3v) is 7.10. The van der Waals surface area contributed by atoms with Crippen LogP contribution in [0.1, 0.15) is 24.0 Å². The van der Waals surface area contributed by atoms with Gasteiger partial charge in [-0.2, -0.15) is 4.31 Å². The van der Waals surface area contributed by atoms with Crippen LogP contribution in [-0.2, 0) is 10.0 Å². The van der Waals surface area contributed by atoms with Gasteiger partial charge in [-0.1, -0.05) is 84.4 Å². The van der Waals surface area contributed by atoms with E-state index < -0.39 is 10.0 Å². The van der Waals surface area contributed by atoms with Gasteiger partial charge < -0.3 is 0 Å². The van der Waals surface area contributed by atoms with Gasteiger partial charge in [-0.3, -0.25) is 0 Å². The highest BCUT2D eigenvalue weighted by molar-refractivity contribution is 7.89. The maximum Gasteiger partial charge on any atom is 0.243 e. The Morgan fingerprint density at radius 3 is 1.54 bits per heavy atom. The minimum absolute atomic E-state index is 0.369. The lowest BCUT2D eigenvalue weighted by Gasteiger charge is -2.29. The van der Waals surface area contributed by atoms with Gasteiger partial charge in [0, 0.05) is 13.1 Å². The molecule has 0 aromatic heterocycles. The number of benzene rings is 3. The van der Waals surface area contributed by atoms with Crippen molar-refractivity contribution in [2.24, 2.45) is 0 Å². The van der Waals surface area contributed by atoms with Crippen molar-refractivity contribution in [1.29, 1.82) is 0 Å². The summed E-state index contributed by atoms with van der Waals surface area (Å²) in [5, 5.41) is 0. The van der Waals surface area contributed by atoms with E-state index in [1.165, 1.54) is 22.3 Å². The van der Waals surface area contributed by atoms with E-state index in [-0.39, 0.29) is 0 Å². The molecule has 1 aliphatic rings. The van der Waals surface area contributed by atoms with Gasteiger partial charge in [-0.25, -0.2) is 8.42 Å². The first-order valence-corrected chi connectivity index (χ1v) is 11.0. The van der Waals surface area contributed by atoms with Crippen molar-refractivity contribution in [1.82, 2.24) is 4.31 Å². The highest BCUT2D eigenvalue weighted by atomic mass is 32.2. The molecule has 142 valence electrons. The van der Waals surface area contributed by atoms with Crippen molar-refractivity contribution in [2.75, 3.05) is 13.1 Å². The molecule has 0 saturated carbocycles. The molecule has 0 radical (unpaired) electrons. The number of nitrogens with zero attached hydrogens (tertiary/aromatic N) is 1. The van der Waals surface area contributed by atoms with Crippen LogP contribution in [0.3, 0.4) is 0 Å². The third kappa shape index (κ3) is 3.79. The largest absolute Gasteiger partial charge is 0.243 e. The van der Waals surface area contributed by atoms with Crippen LogP contribution in [0.15, 0.2) is 101 Å². The van der Waals surface area contributed by atoms with Gasteiger partial charge in [0.05, 0.1) is 4.90 Å². The Kier molecular flexibility index (Phi) is 5.42. The molecule has 4 heteroatoms. The zero-order valence-corrected chi connectivity index (χ0v) is 16.5. The lowest BCUT2D eigenvalue weighted by atomic mass is 9.89. The first kappa shape index (κ1) is 18.7. The second kappa shape index (κ2) is 8.13. The molecule has 3 aromatic carbocycles. The average molecular weight is 390 g/mol. The number of hydrogen-bond donors (Lipinski definition) is 0. The molecule has 4 rings (SSSR count). The van der Waals surface area contributed by atoms with E-state index in [2.05, 4.69) is 24.3 Å². The molecule has 0 unspecified atom stereocenters. The summed E-state index contributed by atoms with van der Waals surface area (Å²) in [6.45, 7) is 1.02. The second-order valence-electron chi connectivity index (χ2n) is 6.93. The van der Waals surface area contributed by atoms with Crippen LogP contribution >= 0.6 is 0 Å². The van der Waals surface area contributed by atoms with E-state index >= 15 is 0 Å². The van der Waals surface area contributed by atoms with Crippen molar-refractivity contribution in [3.8, 4) is 0 Å². The molecule has 1 aliphatic heterocycles. The third-order valence-electron chi connectivity index (χ3n) is 5.19. The highest BCUT2D eigenvalue weighted by Crippen LogP contribution is 2.33. The fourth-order valence-corrected chi connectivity index (χ4v) is 5.24. The maximum atomic E-state index is 12.9. The summed E-state index contributed by atoms with van der Waals surface area (Å²) in [6.07, 6.45) is 1.48. The molecule has 0 atom stereocenters. The van der Waals surface area contributed by atoms with Crippen LogP contribution in [0.5, 0.6) is 0 Å². The van der Waals surface area contributed by atoms with E-state index in [1.54, 1.807) is 28.6 Å². The van der Waals surface area contributed by atoms with Crippen LogP contribution in [0.2, 0.25) is 0 Å². The molecule has 1 fully saturated rings. The molecule has 1 saturated heterocycles. The standard InChI is InChI=1S/C24H23NO2S/c26-28(27,23-14-8-3-9-15-23)25-18-16-22(17-19-25)24(20-10-4-1-5-11-20)21-12-6-2-7-13-21/h1-15H,16-19H2. The minimum atomic E-state index is -3.43. The van der Waals surface area contributed by atoms with E-state index in [9.17, 15) is 8.42 Å². The molecular formula is C24H23NO2S. The fraction of sp³-hybridized carbons (Fsp3) is 0.167. The van der Waals surface area contributed by atoms with Crippen molar-refractivity contribution in [3.63, 3.8) is 0 Å². The Morgan fingerprint density at radius 2 is 1.07 bits per heavy atom. The second-order valence-corrected chi connectivity index (χ2v) is 8.87. The minimum Gasteiger partial charge on any atom is -0.207 e. The van der Waals surface area contributed by atoms with Crippen molar-refractivity contribution in [2.45, 2.75) is 17.7 Å². The quantitative estimate of drug-likeness (QED) is 0.631. The topological polar surface area (TPSA) is 37.4 Å². The van der Waals surface area contributed by atoms with E-state index in [4.69, 9.17) is 0 Å². The van der Waals surface area contributed by atoms with Gasteiger partial charge in [0.1, 0.15) is 0 Å². The highest BCUT2D eigenvalue weighted by Gasteiger charge is 2.28. The summed E-state index contributed by atoms with van der Waals surface area (Å²) in [5.74, 6) is 0. The van der Waals surface area contributed by atoms with Gasteiger partial charge in [0.15, 0.2) is 0 Å². The van der Waals surface area contributed by atoms with Crippen LogP contribution in [-0.4, -0.2) is 25.8 Å². The fourth-order valence-electron chi connectivity index (χ4n) is 3.77. The SMILES string of the molecule is O=S(=O)(c1ccccc1)N1CCC(=C(c2ccccc2)c2ccccc2)CC1. The molecule has 0 spiro atoms. The van der Waals surface area contributed by atoms with Crippen LogP contribution in [0, 0.1) is 0 Å². The van der Waals surface area contributed by atoms with Crippen molar-refractivity contribution < 1.29 is 8.42 Å². The van der Waals surface area contributed by atoms with Crippen LogP contribution < -0.4 is 0 Å². The zero-order valence-electron chi connectivity index (χ0n) is 15.7. The Hall–Kier alpha value is -2.69. The first-order chi connectivity index (χ1) is 13.7. The van der Waals surface area contributed by atoms with Gasteiger partial charge >= 0.3 is 0 Å². The van der Waals surface area contributed by atoms with Crippen LogP contribution in [0.25, 0.3) is 5.57 Å². The molecule has 0 N–H and O–H groups in total. The van der Waals surface area contributed by atoms with Gasteiger partial charge in [0.25, 0.3) is 0 Å². The van der Waals surface area contributed by atoms with E-state index in [0.29, 0.717) is 18.0 Å². The van der Waals surface area contributed by atoms with Gasteiger partial charge in [-0.15, -0.1) is 0 Å². The predicted octanol–water partition coefficient (Wildman–Crippen LogP) is 4.97. The molecule has 1 heterocycles. The molecule has 0 amide bonds. The van der Waals surface area contributed by atoms with E-state index in [0.717, 1.165) is 12.8 Å². The zero-order chi connectivity index (χ0) is 19.4. The normalized spacial score (nSPS) is 15.4. The first-order valence-electron chi connectivity index (χ1n) is 9.54. The van der Waals surface area contributed by atoms with Gasteiger partial charge in [0.2, 0.25) is 10.0 Å². The maximum absolute atomic E-state index is 12.9. The molecule has 3 nitrogen and oxygen atoms in total. The summed E-state index contributed by atoms with van der Waals surface area (Å²) in [7, 11) is -3.43. The Bertz CT molecular complexity index is 1010. The van der Waals surface area contributed by atoms with Gasteiger partial charge in [-0.05, 0) is 41.7 Å². The lowest BCUT2D eigenvalue weighted by molar-refractivity contribution is 0.387. The molecule has 3 aromatic rings. The monoisotopic (exact) mass is 389 g/mol. The number of sulfonamides is 1. The Labute approximate surface area is 167 Å². The Balaban J connectivity index is 1.65. The smallest absolute Gasteiger partial charge is 0.207 e. The molecule has 0 bridgehead atoms. The summed E-state index contributed by atoms with van der Waals surface area (Å²) >= 11 is 0. The predicted molar refractivity (Wildman–Crippen MR) is 113 cm³/mol. The number of hydrogen-bond acceptors (Lipinski definition) is 2. The number of piperidine rings is 1. The number of rotatable bonds is 4. The summed E-state index contributed by atoms with van der Waals surface area (Å²) in [4.78, 5) is 0.369. The van der Waals surface area contributed by atoms with E-state index in [1.807, 2.05) is 42.5 Å². The van der Waals surface area contributed by atoms with Crippen LogP contribution in [0.4, 0.5) is 0 Å². The summed E-state index contributed by atoms with van der Waals surface area (Å²) in [5.41, 5.74) is 4.92.